The van der Waals surface area contributed by atoms with E-state index in [1.807, 2.05) is 12.1 Å². The molecule has 9 heteroatoms. The van der Waals surface area contributed by atoms with Crippen LogP contribution in [0.1, 0.15) is 18.5 Å². The summed E-state index contributed by atoms with van der Waals surface area (Å²) in [5.41, 5.74) is 1.79. The topological polar surface area (TPSA) is 91.1 Å². The summed E-state index contributed by atoms with van der Waals surface area (Å²) < 4.78 is 33.5. The van der Waals surface area contributed by atoms with Crippen molar-refractivity contribution in [2.45, 2.75) is 24.2 Å². The molecule has 0 saturated heterocycles. The number of aryl methyl sites for hydroxylation is 1. The van der Waals surface area contributed by atoms with Crippen LogP contribution >= 0.6 is 11.6 Å². The third-order valence-corrected chi connectivity index (χ3v) is 6.81. The lowest BCUT2D eigenvalue weighted by Crippen LogP contribution is -2.16. The minimum Gasteiger partial charge on any atom is -0.469 e. The van der Waals surface area contributed by atoms with Gasteiger partial charge < -0.3 is 4.74 Å². The number of halogens is 1. The number of carbonyl (C=O) groups is 1. The van der Waals surface area contributed by atoms with Gasteiger partial charge in [0.15, 0.2) is 0 Å². The van der Waals surface area contributed by atoms with Crippen molar-refractivity contribution in [3.8, 4) is 0 Å². The number of rotatable bonds is 6. The summed E-state index contributed by atoms with van der Waals surface area (Å²) >= 11 is 6.01. The van der Waals surface area contributed by atoms with Crippen LogP contribution in [0.3, 0.4) is 0 Å². The molecule has 0 aliphatic heterocycles. The van der Waals surface area contributed by atoms with Gasteiger partial charge in [0.2, 0.25) is 0 Å². The van der Waals surface area contributed by atoms with E-state index in [1.165, 1.54) is 17.1 Å². The number of carbonyl (C=O) groups excluding carboxylic acids is 1. The molecule has 0 amide bonds. The molecule has 0 fully saturated rings. The normalized spacial score (nSPS) is 11.8. The molecule has 0 saturated carbocycles. The van der Waals surface area contributed by atoms with Crippen molar-refractivity contribution < 1.29 is 17.9 Å². The van der Waals surface area contributed by atoms with E-state index in [9.17, 15) is 13.2 Å². The number of benzene rings is 1. The fourth-order valence-electron chi connectivity index (χ4n) is 3.45. The van der Waals surface area contributed by atoms with Crippen LogP contribution in [0.4, 0.5) is 0 Å². The van der Waals surface area contributed by atoms with Gasteiger partial charge in [0, 0.05) is 23.7 Å². The smallest absolute Gasteiger partial charge is 0.305 e. The number of nitrogens with zero attached hydrogens (tertiary/aromatic N) is 3. The van der Waals surface area contributed by atoms with E-state index in [4.69, 9.17) is 11.6 Å². The standard InChI is InChI=1S/C21H18ClN3O4S/c1-29-20(26)9-3-7-15-13-16-17(10-11-19(22)24-16)25(15)30(27,28)18-8-2-5-14-6-4-12-23-21(14)18/h2,4-6,8,10-13H,3,7,9H2,1H3. The Bertz CT molecular complexity index is 1360. The first-order chi connectivity index (χ1) is 14.4. The second kappa shape index (κ2) is 8.04. The monoisotopic (exact) mass is 443 g/mol. The highest BCUT2D eigenvalue weighted by atomic mass is 35.5. The number of ether oxygens (including phenoxy) is 1. The van der Waals surface area contributed by atoms with Gasteiger partial charge in [-0.15, -0.1) is 0 Å². The van der Waals surface area contributed by atoms with Crippen molar-refractivity contribution in [2.24, 2.45) is 0 Å². The average Bonchev–Trinajstić information content (AvgIpc) is 3.11. The van der Waals surface area contributed by atoms with Gasteiger partial charge in [-0.05, 0) is 43.2 Å². The van der Waals surface area contributed by atoms with E-state index in [0.29, 0.717) is 35.1 Å². The van der Waals surface area contributed by atoms with Crippen molar-refractivity contribution in [1.29, 1.82) is 0 Å². The second-order valence-corrected chi connectivity index (χ2v) is 8.85. The van der Waals surface area contributed by atoms with E-state index >= 15 is 0 Å². The van der Waals surface area contributed by atoms with E-state index in [2.05, 4.69) is 14.7 Å². The van der Waals surface area contributed by atoms with Crippen LogP contribution in [0.2, 0.25) is 5.15 Å². The number of fused-ring (bicyclic) bond motifs is 2. The highest BCUT2D eigenvalue weighted by Crippen LogP contribution is 2.29. The van der Waals surface area contributed by atoms with Crippen LogP contribution in [0.15, 0.2) is 59.6 Å². The number of methoxy groups -OCH3 is 1. The van der Waals surface area contributed by atoms with Crippen molar-refractivity contribution in [1.82, 2.24) is 13.9 Å². The molecule has 0 unspecified atom stereocenters. The second-order valence-electron chi connectivity index (χ2n) is 6.70. The van der Waals surface area contributed by atoms with Crippen LogP contribution in [0, 0.1) is 0 Å². The molecule has 0 N–H and O–H groups in total. The summed E-state index contributed by atoms with van der Waals surface area (Å²) in [7, 11) is -2.67. The SMILES string of the molecule is COC(=O)CCCc1cc2nc(Cl)ccc2n1S(=O)(=O)c1cccc2cccnc12. The molecule has 154 valence electrons. The predicted molar refractivity (Wildman–Crippen MR) is 114 cm³/mol. The zero-order valence-corrected chi connectivity index (χ0v) is 17.7. The molecule has 3 heterocycles. The zero-order valence-electron chi connectivity index (χ0n) is 16.1. The van der Waals surface area contributed by atoms with Gasteiger partial charge in [-0.25, -0.2) is 17.4 Å². The fraction of sp³-hybridized carbons (Fsp3) is 0.190. The van der Waals surface area contributed by atoms with Crippen LogP contribution in [-0.4, -0.2) is 35.4 Å². The minimum absolute atomic E-state index is 0.0993. The van der Waals surface area contributed by atoms with Gasteiger partial charge >= 0.3 is 5.97 Å². The van der Waals surface area contributed by atoms with Crippen molar-refractivity contribution in [3.63, 3.8) is 0 Å². The molecule has 0 aliphatic rings. The largest absolute Gasteiger partial charge is 0.469 e. The summed E-state index contributed by atoms with van der Waals surface area (Å²) in [4.78, 5) is 20.1. The zero-order chi connectivity index (χ0) is 21.3. The summed E-state index contributed by atoms with van der Waals surface area (Å²) in [5, 5.41) is 0.994. The highest BCUT2D eigenvalue weighted by Gasteiger charge is 2.26. The van der Waals surface area contributed by atoms with Crippen molar-refractivity contribution >= 4 is 49.5 Å². The molecule has 0 spiro atoms. The Labute approximate surface area is 178 Å². The molecule has 0 aliphatic carbocycles. The Balaban J connectivity index is 1.89. The first-order valence-corrected chi connectivity index (χ1v) is 11.1. The maximum atomic E-state index is 13.8. The molecule has 0 radical (unpaired) electrons. The van der Waals surface area contributed by atoms with Crippen LogP contribution in [0.25, 0.3) is 21.9 Å². The van der Waals surface area contributed by atoms with Gasteiger partial charge in [0.05, 0.1) is 23.7 Å². The lowest BCUT2D eigenvalue weighted by Gasteiger charge is -2.13. The summed E-state index contributed by atoms with van der Waals surface area (Å²) in [5.74, 6) is -0.347. The first kappa shape index (κ1) is 20.3. The lowest BCUT2D eigenvalue weighted by atomic mass is 10.2. The number of pyridine rings is 2. The Kier molecular flexibility index (Phi) is 5.44. The number of hydrogen-bond acceptors (Lipinski definition) is 6. The average molecular weight is 444 g/mol. The Morgan fingerprint density at radius 2 is 1.97 bits per heavy atom. The molecule has 4 rings (SSSR count). The molecular weight excluding hydrogens is 426 g/mol. The number of esters is 1. The van der Waals surface area contributed by atoms with Gasteiger partial charge in [0.25, 0.3) is 10.0 Å². The number of hydrogen-bond donors (Lipinski definition) is 0. The lowest BCUT2D eigenvalue weighted by molar-refractivity contribution is -0.140. The van der Waals surface area contributed by atoms with Crippen LogP contribution in [0.5, 0.6) is 0 Å². The molecule has 1 aromatic carbocycles. The van der Waals surface area contributed by atoms with Crippen molar-refractivity contribution in [2.75, 3.05) is 7.11 Å². The fourth-order valence-corrected chi connectivity index (χ4v) is 5.33. The highest BCUT2D eigenvalue weighted by molar-refractivity contribution is 7.90. The molecule has 0 bridgehead atoms. The minimum atomic E-state index is -3.99. The third kappa shape index (κ3) is 3.64. The van der Waals surface area contributed by atoms with Crippen molar-refractivity contribution in [3.05, 3.63) is 65.6 Å². The summed E-state index contributed by atoms with van der Waals surface area (Å²) in [6.45, 7) is 0. The molecule has 0 atom stereocenters. The predicted octanol–water partition coefficient (Wildman–Crippen LogP) is 3.97. The van der Waals surface area contributed by atoms with E-state index in [0.717, 1.165) is 5.39 Å². The van der Waals surface area contributed by atoms with Gasteiger partial charge in [0.1, 0.15) is 10.0 Å². The molecule has 3 aromatic heterocycles. The Morgan fingerprint density at radius 1 is 1.17 bits per heavy atom. The quantitative estimate of drug-likeness (QED) is 0.331. The Hall–Kier alpha value is -2.97. The molecular formula is C21H18ClN3O4S. The van der Waals surface area contributed by atoms with Gasteiger partial charge in [-0.1, -0.05) is 29.8 Å². The van der Waals surface area contributed by atoms with E-state index in [1.54, 1.807) is 36.5 Å². The third-order valence-electron chi connectivity index (χ3n) is 4.81. The van der Waals surface area contributed by atoms with E-state index in [-0.39, 0.29) is 22.4 Å². The maximum Gasteiger partial charge on any atom is 0.305 e. The van der Waals surface area contributed by atoms with Gasteiger partial charge in [-0.3, -0.25) is 9.78 Å². The molecule has 7 nitrogen and oxygen atoms in total. The summed E-state index contributed by atoms with van der Waals surface area (Å²) in [6, 6.07) is 13.5. The first-order valence-electron chi connectivity index (χ1n) is 9.25. The number of aromatic nitrogens is 3. The molecule has 30 heavy (non-hydrogen) atoms. The summed E-state index contributed by atoms with van der Waals surface area (Å²) in [6.07, 6.45) is 2.52. The van der Waals surface area contributed by atoms with Crippen LogP contribution < -0.4 is 0 Å². The molecule has 4 aromatic rings. The maximum absolute atomic E-state index is 13.8. The van der Waals surface area contributed by atoms with Crippen LogP contribution in [-0.2, 0) is 26.0 Å². The van der Waals surface area contributed by atoms with Gasteiger partial charge in [-0.2, -0.15) is 0 Å². The van der Waals surface area contributed by atoms with E-state index < -0.39 is 10.0 Å². The number of para-hydroxylation sites is 1. The Morgan fingerprint density at radius 3 is 2.77 bits per heavy atom.